The maximum atomic E-state index is 13.1. The Morgan fingerprint density at radius 3 is 2.77 bits per heavy atom. The van der Waals surface area contributed by atoms with Crippen LogP contribution in [0.1, 0.15) is 37.4 Å². The lowest BCUT2D eigenvalue weighted by atomic mass is 9.80. The second-order valence-corrected chi connectivity index (χ2v) is 7.02. The minimum atomic E-state index is -4.52. The van der Waals surface area contributed by atoms with Gasteiger partial charge in [0, 0.05) is 18.2 Å². The summed E-state index contributed by atoms with van der Waals surface area (Å²) in [7, 11) is 0. The average Bonchev–Trinajstić information content (AvgIpc) is 2.61. The topological polar surface area (TPSA) is 42.0 Å². The smallest absolute Gasteiger partial charge is 0.316 e. The number of benzene rings is 1. The number of rotatable bonds is 5. The van der Waals surface area contributed by atoms with Gasteiger partial charge < -0.3 is 5.32 Å². The van der Waals surface area contributed by atoms with Gasteiger partial charge in [0.05, 0.1) is 5.52 Å². The molecule has 1 saturated heterocycles. The van der Waals surface area contributed by atoms with Crippen LogP contribution in [0, 0.1) is 11.8 Å². The van der Waals surface area contributed by atoms with Gasteiger partial charge >= 0.3 is 6.18 Å². The summed E-state index contributed by atoms with van der Waals surface area (Å²) in [6.07, 6.45) is -2.13. The van der Waals surface area contributed by atoms with E-state index in [4.69, 9.17) is 0 Å². The molecule has 0 aliphatic carbocycles. The van der Waals surface area contributed by atoms with Crippen LogP contribution in [0.5, 0.6) is 0 Å². The van der Waals surface area contributed by atoms with Crippen molar-refractivity contribution < 1.29 is 18.0 Å². The van der Waals surface area contributed by atoms with E-state index in [2.05, 4.69) is 17.2 Å². The van der Waals surface area contributed by atoms with Crippen LogP contribution >= 0.6 is 0 Å². The van der Waals surface area contributed by atoms with E-state index in [9.17, 15) is 18.0 Å². The molecule has 2 aromatic rings. The minimum absolute atomic E-state index is 0.000160. The minimum Gasteiger partial charge on any atom is -0.316 e. The Bertz CT molecular complexity index is 788. The molecular weight excluding hydrogens is 341 g/mol. The molecule has 0 saturated carbocycles. The quantitative estimate of drug-likeness (QED) is 0.856. The van der Waals surface area contributed by atoms with Crippen molar-refractivity contribution >= 4 is 16.7 Å². The number of alkyl halides is 3. The van der Waals surface area contributed by atoms with Crippen LogP contribution in [0.3, 0.4) is 0 Å². The number of carbonyl (C=O) groups is 1. The predicted molar refractivity (Wildman–Crippen MR) is 94.8 cm³/mol. The Balaban J connectivity index is 1.84. The predicted octanol–water partition coefficient (Wildman–Crippen LogP) is 4.39. The summed E-state index contributed by atoms with van der Waals surface area (Å²) in [6.45, 7) is 3.91. The molecule has 1 aliphatic heterocycles. The highest BCUT2D eigenvalue weighted by Gasteiger charge is 2.33. The Morgan fingerprint density at radius 1 is 1.27 bits per heavy atom. The molecule has 3 nitrogen and oxygen atoms in total. The Labute approximate surface area is 151 Å². The maximum absolute atomic E-state index is 13.1. The molecule has 0 bridgehead atoms. The van der Waals surface area contributed by atoms with Crippen molar-refractivity contribution in [2.45, 2.75) is 38.8 Å². The molecule has 1 aromatic heterocycles. The first-order chi connectivity index (χ1) is 12.4. The van der Waals surface area contributed by atoms with Crippen LogP contribution < -0.4 is 5.32 Å². The van der Waals surface area contributed by atoms with Gasteiger partial charge in [-0.1, -0.05) is 31.5 Å². The van der Waals surface area contributed by atoms with Crippen molar-refractivity contribution in [1.82, 2.24) is 10.3 Å². The molecule has 1 aliphatic rings. The monoisotopic (exact) mass is 364 g/mol. The first-order valence-corrected chi connectivity index (χ1v) is 9.06. The van der Waals surface area contributed by atoms with Crippen LogP contribution in [0.4, 0.5) is 13.2 Å². The molecule has 2 atom stereocenters. The number of para-hydroxylation sites is 1. The Hall–Kier alpha value is -1.95. The molecule has 140 valence electrons. The van der Waals surface area contributed by atoms with Gasteiger partial charge in [0.1, 0.15) is 11.5 Å². The molecule has 0 spiro atoms. The first-order valence-electron chi connectivity index (χ1n) is 9.06. The molecular formula is C20H23F3N2O. The number of carbonyl (C=O) groups excluding carboxylic acids is 1. The molecule has 1 N–H and O–H groups in total. The zero-order valence-electron chi connectivity index (χ0n) is 14.8. The lowest BCUT2D eigenvalue weighted by Gasteiger charge is -2.31. The number of nitrogens with zero attached hydrogens (tertiary/aromatic N) is 1. The van der Waals surface area contributed by atoms with Crippen LogP contribution in [-0.4, -0.2) is 23.9 Å². The molecule has 6 heteroatoms. The Morgan fingerprint density at radius 2 is 2.04 bits per heavy atom. The highest BCUT2D eigenvalue weighted by molar-refractivity contribution is 5.89. The highest BCUT2D eigenvalue weighted by atomic mass is 19.4. The van der Waals surface area contributed by atoms with E-state index in [1.165, 1.54) is 0 Å². The SMILES string of the molecule is CC[C@@H]1CNCCC1CC(=O)Cc1cc(C(F)(F)F)nc2ccccc12. The number of fused-ring (bicyclic) bond motifs is 1. The summed E-state index contributed by atoms with van der Waals surface area (Å²) >= 11 is 0. The maximum Gasteiger partial charge on any atom is 0.433 e. The van der Waals surface area contributed by atoms with E-state index in [0.29, 0.717) is 29.2 Å². The van der Waals surface area contributed by atoms with E-state index in [-0.39, 0.29) is 17.7 Å². The molecule has 0 radical (unpaired) electrons. The molecule has 2 heterocycles. The highest BCUT2D eigenvalue weighted by Crippen LogP contribution is 2.32. The fourth-order valence-corrected chi connectivity index (χ4v) is 3.84. The second kappa shape index (κ2) is 7.74. The van der Waals surface area contributed by atoms with Crippen molar-refractivity contribution in [3.8, 4) is 0 Å². The lowest BCUT2D eigenvalue weighted by Crippen LogP contribution is -2.37. The molecule has 1 unspecified atom stereocenters. The average molecular weight is 364 g/mol. The summed E-state index contributed by atoms with van der Waals surface area (Å²) in [5, 5.41) is 3.96. The van der Waals surface area contributed by atoms with Gasteiger partial charge in [0.15, 0.2) is 0 Å². The zero-order chi connectivity index (χ0) is 18.7. The van der Waals surface area contributed by atoms with E-state index >= 15 is 0 Å². The van der Waals surface area contributed by atoms with Crippen LogP contribution in [-0.2, 0) is 17.4 Å². The van der Waals surface area contributed by atoms with Gasteiger partial charge in [-0.2, -0.15) is 13.2 Å². The van der Waals surface area contributed by atoms with Gasteiger partial charge in [0.25, 0.3) is 0 Å². The third-order valence-electron chi connectivity index (χ3n) is 5.26. The largest absolute Gasteiger partial charge is 0.433 e. The van der Waals surface area contributed by atoms with Crippen molar-refractivity contribution in [2.24, 2.45) is 11.8 Å². The molecule has 26 heavy (non-hydrogen) atoms. The fraction of sp³-hybridized carbons (Fsp3) is 0.500. The van der Waals surface area contributed by atoms with Gasteiger partial charge in [-0.3, -0.25) is 4.79 Å². The Kier molecular flexibility index (Phi) is 5.61. The molecule has 1 aromatic carbocycles. The van der Waals surface area contributed by atoms with Crippen molar-refractivity contribution in [1.29, 1.82) is 0 Å². The van der Waals surface area contributed by atoms with Gasteiger partial charge in [-0.25, -0.2) is 4.98 Å². The van der Waals surface area contributed by atoms with Gasteiger partial charge in [-0.05, 0) is 49.0 Å². The summed E-state index contributed by atoms with van der Waals surface area (Å²) in [5.74, 6) is 0.761. The van der Waals surface area contributed by atoms with E-state index in [1.54, 1.807) is 24.3 Å². The third-order valence-corrected chi connectivity index (χ3v) is 5.26. The number of hydrogen-bond donors (Lipinski definition) is 1. The van der Waals surface area contributed by atoms with Crippen molar-refractivity contribution in [3.05, 3.63) is 41.6 Å². The molecule has 0 amide bonds. The fourth-order valence-electron chi connectivity index (χ4n) is 3.84. The van der Waals surface area contributed by atoms with Gasteiger partial charge in [0.2, 0.25) is 0 Å². The van der Waals surface area contributed by atoms with Gasteiger partial charge in [-0.15, -0.1) is 0 Å². The van der Waals surface area contributed by atoms with E-state index < -0.39 is 11.9 Å². The number of halogens is 3. The standard InChI is InChI=1S/C20H23F3N2O/c1-2-13-12-24-8-7-14(13)9-16(26)10-15-11-19(20(21,22)23)25-18-6-4-3-5-17(15)18/h3-6,11,13-14,24H,2,7-10,12H2,1H3/t13-,14?/m1/s1. The van der Waals surface area contributed by atoms with Crippen molar-refractivity contribution in [3.63, 3.8) is 0 Å². The second-order valence-electron chi connectivity index (χ2n) is 7.02. The molecule has 3 rings (SSSR count). The normalized spacial score (nSPS) is 21.1. The lowest BCUT2D eigenvalue weighted by molar-refractivity contribution is -0.141. The number of pyridine rings is 1. The zero-order valence-corrected chi connectivity index (χ0v) is 14.8. The third kappa shape index (κ3) is 4.23. The number of nitrogens with one attached hydrogen (secondary N) is 1. The number of Topliss-reactive ketones (excluding diaryl/α,β-unsaturated/α-hetero) is 1. The number of hydrogen-bond acceptors (Lipinski definition) is 3. The summed E-state index contributed by atoms with van der Waals surface area (Å²) in [5.41, 5.74) is -0.249. The first kappa shape index (κ1) is 18.8. The van der Waals surface area contributed by atoms with E-state index in [1.807, 2.05) is 0 Å². The number of aromatic nitrogens is 1. The number of ketones is 1. The summed E-state index contributed by atoms with van der Waals surface area (Å²) in [4.78, 5) is 16.3. The van der Waals surface area contributed by atoms with E-state index in [0.717, 1.165) is 32.0 Å². The number of piperidine rings is 1. The molecule has 1 fully saturated rings. The van der Waals surface area contributed by atoms with Crippen LogP contribution in [0.15, 0.2) is 30.3 Å². The van der Waals surface area contributed by atoms with Crippen LogP contribution in [0.2, 0.25) is 0 Å². The van der Waals surface area contributed by atoms with Crippen LogP contribution in [0.25, 0.3) is 10.9 Å². The summed E-state index contributed by atoms with van der Waals surface area (Å²) < 4.78 is 39.4. The van der Waals surface area contributed by atoms with Crippen molar-refractivity contribution in [2.75, 3.05) is 13.1 Å². The summed E-state index contributed by atoms with van der Waals surface area (Å²) in [6, 6.07) is 7.72.